The van der Waals surface area contributed by atoms with Crippen molar-refractivity contribution in [2.45, 2.75) is 30.0 Å². The van der Waals surface area contributed by atoms with Gasteiger partial charge < -0.3 is 5.32 Å². The SMILES string of the molecule is CCc1ccc(NC(=O)[C@@H](Cc2ccccc2)NS(=O)(=O)c2ccc(Br)s2)cc1. The molecular formula is C21H21BrN2O3S2. The first-order valence-electron chi connectivity index (χ1n) is 9.09. The van der Waals surface area contributed by atoms with Gasteiger partial charge in [-0.2, -0.15) is 4.72 Å². The van der Waals surface area contributed by atoms with Crippen LogP contribution in [0.3, 0.4) is 0 Å². The topological polar surface area (TPSA) is 75.3 Å². The van der Waals surface area contributed by atoms with Crippen molar-refractivity contribution in [3.63, 3.8) is 0 Å². The largest absolute Gasteiger partial charge is 0.325 e. The van der Waals surface area contributed by atoms with E-state index in [2.05, 4.69) is 32.9 Å². The van der Waals surface area contributed by atoms with E-state index in [0.29, 0.717) is 9.47 Å². The minimum absolute atomic E-state index is 0.155. The van der Waals surface area contributed by atoms with E-state index in [-0.39, 0.29) is 10.6 Å². The summed E-state index contributed by atoms with van der Waals surface area (Å²) in [6, 6.07) is 19.1. The van der Waals surface area contributed by atoms with Gasteiger partial charge in [-0.25, -0.2) is 8.42 Å². The lowest BCUT2D eigenvalue weighted by molar-refractivity contribution is -0.117. The number of sulfonamides is 1. The van der Waals surface area contributed by atoms with Gasteiger partial charge in [0.2, 0.25) is 5.91 Å². The number of thiophene rings is 1. The molecule has 0 unspecified atom stereocenters. The van der Waals surface area contributed by atoms with Crippen molar-refractivity contribution in [2.24, 2.45) is 0 Å². The third-order valence-corrected chi connectivity index (χ3v) is 7.93. The first-order valence-corrected chi connectivity index (χ1v) is 12.2. The number of hydrogen-bond donors (Lipinski definition) is 2. The van der Waals surface area contributed by atoms with E-state index < -0.39 is 22.0 Å². The molecule has 2 aromatic carbocycles. The molecule has 0 spiro atoms. The number of rotatable bonds is 8. The molecule has 0 aliphatic rings. The summed E-state index contributed by atoms with van der Waals surface area (Å²) in [7, 11) is -3.83. The number of carbonyl (C=O) groups excluding carboxylic acids is 1. The number of benzene rings is 2. The van der Waals surface area contributed by atoms with E-state index in [1.54, 1.807) is 6.07 Å². The number of nitrogens with one attached hydrogen (secondary N) is 2. The van der Waals surface area contributed by atoms with Crippen LogP contribution in [-0.4, -0.2) is 20.4 Å². The van der Waals surface area contributed by atoms with Gasteiger partial charge in [-0.05, 0) is 64.2 Å². The lowest BCUT2D eigenvalue weighted by atomic mass is 10.1. The first-order chi connectivity index (χ1) is 13.9. The molecule has 1 aromatic heterocycles. The smallest absolute Gasteiger partial charge is 0.250 e. The molecule has 1 heterocycles. The van der Waals surface area contributed by atoms with Gasteiger partial charge in [-0.1, -0.05) is 49.4 Å². The Balaban J connectivity index is 1.82. The zero-order valence-corrected chi connectivity index (χ0v) is 19.0. The normalized spacial score (nSPS) is 12.5. The number of anilines is 1. The summed E-state index contributed by atoms with van der Waals surface area (Å²) in [5.74, 6) is -0.405. The quantitative estimate of drug-likeness (QED) is 0.482. The number of amides is 1. The molecule has 1 atom stereocenters. The lowest BCUT2D eigenvalue weighted by Crippen LogP contribution is -2.45. The van der Waals surface area contributed by atoms with E-state index in [0.717, 1.165) is 28.9 Å². The predicted molar refractivity (Wildman–Crippen MR) is 121 cm³/mol. The predicted octanol–water partition coefficient (Wildman–Crippen LogP) is 4.60. The Morgan fingerprint density at radius 3 is 2.28 bits per heavy atom. The Labute approximate surface area is 183 Å². The second kappa shape index (κ2) is 9.67. The van der Waals surface area contributed by atoms with E-state index in [1.807, 2.05) is 54.6 Å². The molecule has 0 fully saturated rings. The van der Waals surface area contributed by atoms with Crippen molar-refractivity contribution in [2.75, 3.05) is 5.32 Å². The van der Waals surface area contributed by atoms with Crippen LogP contribution in [0, 0.1) is 0 Å². The van der Waals surface area contributed by atoms with Crippen LogP contribution in [0.5, 0.6) is 0 Å². The highest BCUT2D eigenvalue weighted by molar-refractivity contribution is 9.11. The Hall–Kier alpha value is -2.00. The maximum Gasteiger partial charge on any atom is 0.250 e. The van der Waals surface area contributed by atoms with Gasteiger partial charge in [0, 0.05) is 5.69 Å². The Kier molecular flexibility index (Phi) is 7.23. The fourth-order valence-electron chi connectivity index (χ4n) is 2.78. The van der Waals surface area contributed by atoms with E-state index in [9.17, 15) is 13.2 Å². The highest BCUT2D eigenvalue weighted by Crippen LogP contribution is 2.26. The molecule has 0 aliphatic heterocycles. The van der Waals surface area contributed by atoms with Crippen molar-refractivity contribution >= 4 is 48.9 Å². The third-order valence-electron chi connectivity index (χ3n) is 4.34. The van der Waals surface area contributed by atoms with Crippen molar-refractivity contribution < 1.29 is 13.2 Å². The monoisotopic (exact) mass is 492 g/mol. The average molecular weight is 493 g/mol. The standard InChI is InChI=1S/C21H21BrN2O3S2/c1-2-15-8-10-17(11-9-15)23-21(25)18(14-16-6-4-3-5-7-16)24-29(26,27)20-13-12-19(22)28-20/h3-13,18,24H,2,14H2,1H3,(H,23,25)/t18-/m1/s1. The van der Waals surface area contributed by atoms with Crippen molar-refractivity contribution in [3.8, 4) is 0 Å². The zero-order chi connectivity index (χ0) is 20.9. The molecule has 0 saturated heterocycles. The number of hydrogen-bond acceptors (Lipinski definition) is 4. The average Bonchev–Trinajstić information content (AvgIpc) is 3.16. The van der Waals surface area contributed by atoms with Crippen LogP contribution >= 0.6 is 27.3 Å². The summed E-state index contributed by atoms with van der Waals surface area (Å²) in [4.78, 5) is 12.9. The van der Waals surface area contributed by atoms with E-state index in [4.69, 9.17) is 0 Å². The minimum Gasteiger partial charge on any atom is -0.325 e. The summed E-state index contributed by atoms with van der Waals surface area (Å²) in [5.41, 5.74) is 2.65. The molecule has 29 heavy (non-hydrogen) atoms. The second-order valence-electron chi connectivity index (χ2n) is 6.46. The fraction of sp³-hybridized carbons (Fsp3) is 0.190. The molecule has 2 N–H and O–H groups in total. The fourth-order valence-corrected chi connectivity index (χ4v) is 6.00. The Morgan fingerprint density at radius 1 is 1.00 bits per heavy atom. The number of carbonyl (C=O) groups is 1. The zero-order valence-electron chi connectivity index (χ0n) is 15.8. The molecule has 1 amide bonds. The number of aryl methyl sites for hydroxylation is 1. The lowest BCUT2D eigenvalue weighted by Gasteiger charge is -2.18. The van der Waals surface area contributed by atoms with E-state index in [1.165, 1.54) is 6.07 Å². The highest BCUT2D eigenvalue weighted by atomic mass is 79.9. The van der Waals surface area contributed by atoms with Gasteiger partial charge in [0.15, 0.2) is 0 Å². The molecule has 8 heteroatoms. The van der Waals surface area contributed by atoms with Gasteiger partial charge in [-0.3, -0.25) is 4.79 Å². The molecule has 0 saturated carbocycles. The Morgan fingerprint density at radius 2 is 1.69 bits per heavy atom. The highest BCUT2D eigenvalue weighted by Gasteiger charge is 2.27. The van der Waals surface area contributed by atoms with Crippen LogP contribution in [-0.2, 0) is 27.7 Å². The maximum absolute atomic E-state index is 12.9. The van der Waals surface area contributed by atoms with E-state index >= 15 is 0 Å². The van der Waals surface area contributed by atoms with Crippen LogP contribution in [0.15, 0.2) is 74.7 Å². The molecule has 152 valence electrons. The number of halogens is 1. The van der Waals surface area contributed by atoms with Gasteiger partial charge in [0.05, 0.1) is 3.79 Å². The van der Waals surface area contributed by atoms with Crippen LogP contribution in [0.4, 0.5) is 5.69 Å². The summed E-state index contributed by atoms with van der Waals surface area (Å²) in [5, 5.41) is 2.82. The molecule has 0 radical (unpaired) electrons. The third kappa shape index (κ3) is 5.99. The second-order valence-corrected chi connectivity index (χ2v) is 10.9. The van der Waals surface area contributed by atoms with Crippen LogP contribution in [0.2, 0.25) is 0 Å². The molecular weight excluding hydrogens is 472 g/mol. The van der Waals surface area contributed by atoms with Crippen LogP contribution in [0.1, 0.15) is 18.1 Å². The van der Waals surface area contributed by atoms with Crippen molar-refractivity contribution in [3.05, 3.63) is 81.6 Å². The van der Waals surface area contributed by atoms with Gasteiger partial charge in [-0.15, -0.1) is 11.3 Å². The molecule has 0 bridgehead atoms. The van der Waals surface area contributed by atoms with Crippen molar-refractivity contribution in [1.82, 2.24) is 4.72 Å². The van der Waals surface area contributed by atoms with Gasteiger partial charge >= 0.3 is 0 Å². The summed E-state index contributed by atoms with van der Waals surface area (Å²) in [6.45, 7) is 2.06. The summed E-state index contributed by atoms with van der Waals surface area (Å²) < 4.78 is 29.0. The van der Waals surface area contributed by atoms with Crippen molar-refractivity contribution in [1.29, 1.82) is 0 Å². The summed E-state index contributed by atoms with van der Waals surface area (Å²) >= 11 is 4.37. The van der Waals surface area contributed by atoms with Gasteiger partial charge in [0.1, 0.15) is 10.3 Å². The Bertz CT molecular complexity index is 1060. The first kappa shape index (κ1) is 21.7. The maximum atomic E-state index is 12.9. The molecule has 3 rings (SSSR count). The van der Waals surface area contributed by atoms with Crippen LogP contribution < -0.4 is 10.0 Å². The molecule has 3 aromatic rings. The van der Waals surface area contributed by atoms with Gasteiger partial charge in [0.25, 0.3) is 10.0 Å². The minimum atomic E-state index is -3.83. The summed E-state index contributed by atoms with van der Waals surface area (Å²) in [6.07, 6.45) is 1.15. The molecule has 5 nitrogen and oxygen atoms in total. The molecule has 0 aliphatic carbocycles. The van der Waals surface area contributed by atoms with Crippen LogP contribution in [0.25, 0.3) is 0 Å².